The summed E-state index contributed by atoms with van der Waals surface area (Å²) < 4.78 is 8.82. The molecule has 0 amide bonds. The molecule has 0 aliphatic heterocycles. The van der Waals surface area contributed by atoms with Crippen LogP contribution in [0.3, 0.4) is 0 Å². The number of aliphatic hydroxyl groups excluding tert-OH is 1. The van der Waals surface area contributed by atoms with E-state index in [0.717, 1.165) is 0 Å². The summed E-state index contributed by atoms with van der Waals surface area (Å²) in [6, 6.07) is 0. The van der Waals surface area contributed by atoms with Crippen LogP contribution in [0.5, 0.6) is 0 Å². The van der Waals surface area contributed by atoms with Crippen LogP contribution in [-0.4, -0.2) is 37.9 Å². The Labute approximate surface area is 76.6 Å². The zero-order valence-corrected chi connectivity index (χ0v) is 7.78. The molecule has 1 N–H and O–H groups in total. The minimum atomic E-state index is -0.915. The third-order valence-corrected chi connectivity index (χ3v) is 1.62. The molecule has 0 aromatic heterocycles. The van der Waals surface area contributed by atoms with E-state index in [1.54, 1.807) is 0 Å². The number of esters is 2. The Kier molecular flexibility index (Phi) is 5.88. The molecule has 0 fully saturated rings. The Hall–Kier alpha value is -1.10. The zero-order chi connectivity index (χ0) is 10.3. The number of aliphatic hydroxyl groups is 1. The van der Waals surface area contributed by atoms with Gasteiger partial charge in [-0.25, -0.2) is 0 Å². The van der Waals surface area contributed by atoms with Crippen molar-refractivity contribution in [2.45, 2.75) is 12.8 Å². The molecule has 0 heterocycles. The van der Waals surface area contributed by atoms with E-state index in [0.29, 0.717) is 6.42 Å². The summed E-state index contributed by atoms with van der Waals surface area (Å²) in [4.78, 5) is 22.0. The van der Waals surface area contributed by atoms with Crippen LogP contribution in [0, 0.1) is 5.92 Å². The van der Waals surface area contributed by atoms with Crippen LogP contribution in [0.15, 0.2) is 0 Å². The van der Waals surface area contributed by atoms with Gasteiger partial charge in [0.2, 0.25) is 0 Å². The average Bonchev–Trinajstić information content (AvgIpc) is 2.17. The van der Waals surface area contributed by atoms with Gasteiger partial charge in [0.15, 0.2) is 5.92 Å². The van der Waals surface area contributed by atoms with Gasteiger partial charge in [-0.2, -0.15) is 0 Å². The Morgan fingerprint density at radius 2 is 1.69 bits per heavy atom. The van der Waals surface area contributed by atoms with Gasteiger partial charge in [-0.3, -0.25) is 9.59 Å². The van der Waals surface area contributed by atoms with Crippen molar-refractivity contribution in [3.63, 3.8) is 0 Å². The first-order chi connectivity index (χ1) is 6.17. The van der Waals surface area contributed by atoms with Gasteiger partial charge >= 0.3 is 11.9 Å². The van der Waals surface area contributed by atoms with Crippen molar-refractivity contribution in [1.82, 2.24) is 0 Å². The summed E-state index contributed by atoms with van der Waals surface area (Å²) in [6.07, 6.45) is 0.616. The van der Waals surface area contributed by atoms with Crippen LogP contribution in [0.4, 0.5) is 0 Å². The standard InChI is InChI=1S/C8H14O5/c1-12-7(10)6(4-3-5-9)8(11)13-2/h6,9H,3-5H2,1-2H3. The van der Waals surface area contributed by atoms with Crippen LogP contribution < -0.4 is 0 Å². The minimum absolute atomic E-state index is 0.0650. The Morgan fingerprint density at radius 1 is 1.23 bits per heavy atom. The molecule has 0 unspecified atom stereocenters. The van der Waals surface area contributed by atoms with Gasteiger partial charge in [-0.1, -0.05) is 0 Å². The van der Waals surface area contributed by atoms with Crippen molar-refractivity contribution in [3.8, 4) is 0 Å². The van der Waals surface area contributed by atoms with E-state index >= 15 is 0 Å². The lowest BCUT2D eigenvalue weighted by Crippen LogP contribution is -2.26. The Morgan fingerprint density at radius 3 is 2.00 bits per heavy atom. The molecule has 0 bridgehead atoms. The maximum Gasteiger partial charge on any atom is 0.320 e. The number of methoxy groups -OCH3 is 2. The van der Waals surface area contributed by atoms with E-state index in [2.05, 4.69) is 9.47 Å². The van der Waals surface area contributed by atoms with Gasteiger partial charge < -0.3 is 14.6 Å². The maximum absolute atomic E-state index is 11.0. The van der Waals surface area contributed by atoms with Gasteiger partial charge in [0, 0.05) is 6.61 Å². The predicted octanol–water partition coefficient (Wildman–Crippen LogP) is -0.279. The molecule has 0 aliphatic rings. The SMILES string of the molecule is COC(=O)C(CCCO)C(=O)OC. The summed E-state index contributed by atoms with van der Waals surface area (Å²) in [7, 11) is 2.41. The molecule has 0 spiro atoms. The molecule has 0 radical (unpaired) electrons. The average molecular weight is 190 g/mol. The van der Waals surface area contributed by atoms with Gasteiger partial charge in [0.05, 0.1) is 14.2 Å². The summed E-state index contributed by atoms with van der Waals surface area (Å²) >= 11 is 0. The largest absolute Gasteiger partial charge is 0.468 e. The normalized spacial score (nSPS) is 9.85. The van der Waals surface area contributed by atoms with Crippen molar-refractivity contribution in [2.24, 2.45) is 5.92 Å². The molecule has 76 valence electrons. The van der Waals surface area contributed by atoms with E-state index in [1.165, 1.54) is 14.2 Å². The quantitative estimate of drug-likeness (QED) is 0.477. The van der Waals surface area contributed by atoms with Crippen LogP contribution in [-0.2, 0) is 19.1 Å². The van der Waals surface area contributed by atoms with Crippen LogP contribution >= 0.6 is 0 Å². The fourth-order valence-electron chi connectivity index (χ4n) is 0.912. The first kappa shape index (κ1) is 11.9. The predicted molar refractivity (Wildman–Crippen MR) is 43.8 cm³/mol. The van der Waals surface area contributed by atoms with Crippen molar-refractivity contribution < 1.29 is 24.2 Å². The molecule has 0 aromatic rings. The lowest BCUT2D eigenvalue weighted by molar-refractivity contribution is -0.159. The molecule has 0 aliphatic carbocycles. The van der Waals surface area contributed by atoms with Crippen LogP contribution in [0.2, 0.25) is 0 Å². The fourth-order valence-corrected chi connectivity index (χ4v) is 0.912. The Bertz CT molecular complexity index is 161. The second-order valence-electron chi connectivity index (χ2n) is 2.46. The van der Waals surface area contributed by atoms with E-state index in [1.807, 2.05) is 0 Å². The van der Waals surface area contributed by atoms with Crippen molar-refractivity contribution in [3.05, 3.63) is 0 Å². The maximum atomic E-state index is 11.0. The topological polar surface area (TPSA) is 72.8 Å². The highest BCUT2D eigenvalue weighted by molar-refractivity contribution is 5.94. The third kappa shape index (κ3) is 3.89. The molecule has 0 aromatic carbocycles. The third-order valence-electron chi connectivity index (χ3n) is 1.62. The summed E-state index contributed by atoms with van der Waals surface area (Å²) in [6.45, 7) is -0.0650. The van der Waals surface area contributed by atoms with Gasteiger partial charge in [0.25, 0.3) is 0 Å². The van der Waals surface area contributed by atoms with Gasteiger partial charge in [-0.05, 0) is 12.8 Å². The van der Waals surface area contributed by atoms with Crippen LogP contribution in [0.1, 0.15) is 12.8 Å². The second kappa shape index (κ2) is 6.42. The Balaban J connectivity index is 4.18. The molecule has 0 atom stereocenters. The van der Waals surface area contributed by atoms with Gasteiger partial charge in [0.1, 0.15) is 0 Å². The lowest BCUT2D eigenvalue weighted by atomic mass is 10.0. The number of ether oxygens (including phenoxy) is 2. The first-order valence-corrected chi connectivity index (χ1v) is 3.93. The first-order valence-electron chi connectivity index (χ1n) is 3.93. The van der Waals surface area contributed by atoms with E-state index < -0.39 is 17.9 Å². The number of carbonyl (C=O) groups is 2. The van der Waals surface area contributed by atoms with E-state index in [9.17, 15) is 9.59 Å². The number of hydrogen-bond donors (Lipinski definition) is 1. The zero-order valence-electron chi connectivity index (χ0n) is 7.78. The molecule has 5 heteroatoms. The molecule has 0 rings (SSSR count). The monoisotopic (exact) mass is 190 g/mol. The molecule has 13 heavy (non-hydrogen) atoms. The lowest BCUT2D eigenvalue weighted by Gasteiger charge is -2.10. The number of rotatable bonds is 5. The smallest absolute Gasteiger partial charge is 0.320 e. The number of hydrogen-bond acceptors (Lipinski definition) is 5. The second-order valence-corrected chi connectivity index (χ2v) is 2.46. The van der Waals surface area contributed by atoms with Crippen molar-refractivity contribution in [1.29, 1.82) is 0 Å². The summed E-state index contributed by atoms with van der Waals surface area (Å²) in [5.41, 5.74) is 0. The fraction of sp³-hybridized carbons (Fsp3) is 0.750. The molecular weight excluding hydrogens is 176 g/mol. The highest BCUT2D eigenvalue weighted by atomic mass is 16.5. The molecule has 5 nitrogen and oxygen atoms in total. The summed E-state index contributed by atoms with van der Waals surface area (Å²) in [5, 5.41) is 8.52. The van der Waals surface area contributed by atoms with E-state index in [-0.39, 0.29) is 13.0 Å². The van der Waals surface area contributed by atoms with Gasteiger partial charge in [-0.15, -0.1) is 0 Å². The minimum Gasteiger partial charge on any atom is -0.468 e. The highest BCUT2D eigenvalue weighted by Crippen LogP contribution is 2.09. The number of carbonyl (C=O) groups excluding carboxylic acids is 2. The molecule has 0 saturated carbocycles. The molecular formula is C8H14O5. The molecule has 0 saturated heterocycles. The van der Waals surface area contributed by atoms with Crippen molar-refractivity contribution >= 4 is 11.9 Å². The summed E-state index contributed by atoms with van der Waals surface area (Å²) in [5.74, 6) is -2.16. The van der Waals surface area contributed by atoms with Crippen molar-refractivity contribution in [2.75, 3.05) is 20.8 Å². The highest BCUT2D eigenvalue weighted by Gasteiger charge is 2.27. The van der Waals surface area contributed by atoms with Crippen LogP contribution in [0.25, 0.3) is 0 Å². The van der Waals surface area contributed by atoms with E-state index in [4.69, 9.17) is 5.11 Å².